The molecule has 0 aromatic heterocycles. The standard InChI is InChI=1S/C8H12F2/c9-8(10)4-6-2-1-3-7(6)5-8/h6-7H,1-5H2/t6-,7?/m0/s1. The molecule has 2 heteroatoms. The molecule has 0 aromatic rings. The maximum atomic E-state index is 12.7. The highest BCUT2D eigenvalue weighted by atomic mass is 19.3. The second kappa shape index (κ2) is 1.93. The van der Waals surface area contributed by atoms with E-state index in [1.165, 1.54) is 6.42 Å². The molecule has 2 saturated carbocycles. The van der Waals surface area contributed by atoms with Crippen LogP contribution in [0.4, 0.5) is 8.78 Å². The minimum atomic E-state index is -2.31. The number of hydrogen-bond acceptors (Lipinski definition) is 0. The van der Waals surface area contributed by atoms with Crippen molar-refractivity contribution in [1.82, 2.24) is 0 Å². The van der Waals surface area contributed by atoms with Gasteiger partial charge in [-0.2, -0.15) is 0 Å². The average molecular weight is 146 g/mol. The van der Waals surface area contributed by atoms with E-state index < -0.39 is 5.92 Å². The van der Waals surface area contributed by atoms with E-state index >= 15 is 0 Å². The molecule has 0 spiro atoms. The maximum absolute atomic E-state index is 12.7. The molecule has 0 aliphatic heterocycles. The van der Waals surface area contributed by atoms with Crippen LogP contribution in [0.15, 0.2) is 0 Å². The quantitative estimate of drug-likeness (QED) is 0.493. The molecular formula is C8H12F2. The first kappa shape index (κ1) is 6.56. The van der Waals surface area contributed by atoms with Crippen LogP contribution in [0.3, 0.4) is 0 Å². The second-order valence-electron chi connectivity index (χ2n) is 3.72. The van der Waals surface area contributed by atoms with Crippen molar-refractivity contribution in [2.75, 3.05) is 0 Å². The number of halogens is 2. The van der Waals surface area contributed by atoms with E-state index in [0.717, 1.165) is 12.8 Å². The van der Waals surface area contributed by atoms with Crippen LogP contribution < -0.4 is 0 Å². The fourth-order valence-corrected chi connectivity index (χ4v) is 2.50. The summed E-state index contributed by atoms with van der Waals surface area (Å²) in [5, 5.41) is 0. The summed E-state index contributed by atoms with van der Waals surface area (Å²) >= 11 is 0. The lowest BCUT2D eigenvalue weighted by molar-refractivity contribution is 0.000449. The SMILES string of the molecule is FC1(F)CC2CCC[C@H]2C1. The molecule has 10 heavy (non-hydrogen) atoms. The van der Waals surface area contributed by atoms with Crippen LogP contribution >= 0.6 is 0 Å². The first-order valence-electron chi connectivity index (χ1n) is 4.05. The van der Waals surface area contributed by atoms with Crippen LogP contribution in [-0.4, -0.2) is 5.92 Å². The van der Waals surface area contributed by atoms with E-state index in [1.807, 2.05) is 0 Å². The molecule has 0 radical (unpaired) electrons. The van der Waals surface area contributed by atoms with Crippen molar-refractivity contribution in [2.45, 2.75) is 38.0 Å². The molecule has 2 rings (SSSR count). The Morgan fingerprint density at radius 2 is 1.50 bits per heavy atom. The van der Waals surface area contributed by atoms with Gasteiger partial charge < -0.3 is 0 Å². The monoisotopic (exact) mass is 146 g/mol. The first-order valence-corrected chi connectivity index (χ1v) is 4.05. The minimum absolute atomic E-state index is 0.178. The van der Waals surface area contributed by atoms with Gasteiger partial charge in [0.15, 0.2) is 0 Å². The van der Waals surface area contributed by atoms with Crippen LogP contribution in [0.25, 0.3) is 0 Å². The Kier molecular flexibility index (Phi) is 1.26. The molecule has 0 saturated heterocycles. The van der Waals surface area contributed by atoms with Crippen molar-refractivity contribution < 1.29 is 8.78 Å². The van der Waals surface area contributed by atoms with Gasteiger partial charge in [-0.05, 0) is 24.7 Å². The van der Waals surface area contributed by atoms with Crippen LogP contribution in [0, 0.1) is 11.8 Å². The highest BCUT2D eigenvalue weighted by Crippen LogP contribution is 2.50. The first-order chi connectivity index (χ1) is 4.67. The Balaban J connectivity index is 2.07. The Labute approximate surface area is 59.6 Å². The number of alkyl halides is 2. The van der Waals surface area contributed by atoms with Gasteiger partial charge in [0, 0.05) is 12.8 Å². The summed E-state index contributed by atoms with van der Waals surface area (Å²) in [4.78, 5) is 0. The summed E-state index contributed by atoms with van der Waals surface area (Å²) in [6.45, 7) is 0. The molecular weight excluding hydrogens is 134 g/mol. The van der Waals surface area contributed by atoms with Gasteiger partial charge >= 0.3 is 0 Å². The summed E-state index contributed by atoms with van der Waals surface area (Å²) in [6.07, 6.45) is 3.65. The number of hydrogen-bond donors (Lipinski definition) is 0. The van der Waals surface area contributed by atoms with Crippen LogP contribution in [-0.2, 0) is 0 Å². The van der Waals surface area contributed by atoms with E-state index in [0.29, 0.717) is 11.8 Å². The highest BCUT2D eigenvalue weighted by Gasteiger charge is 2.47. The number of rotatable bonds is 0. The lowest BCUT2D eigenvalue weighted by atomic mass is 10.0. The second-order valence-corrected chi connectivity index (χ2v) is 3.72. The predicted molar refractivity (Wildman–Crippen MR) is 35.0 cm³/mol. The lowest BCUT2D eigenvalue weighted by Crippen LogP contribution is -2.10. The Hall–Kier alpha value is -0.140. The van der Waals surface area contributed by atoms with E-state index in [2.05, 4.69) is 0 Å². The Morgan fingerprint density at radius 1 is 1.00 bits per heavy atom. The summed E-state index contributed by atoms with van der Waals surface area (Å²) in [6, 6.07) is 0. The highest BCUT2D eigenvalue weighted by molar-refractivity contribution is 4.91. The molecule has 2 aliphatic carbocycles. The molecule has 0 aromatic carbocycles. The van der Waals surface area contributed by atoms with Gasteiger partial charge in [0.2, 0.25) is 5.92 Å². The van der Waals surface area contributed by atoms with Crippen molar-refractivity contribution in [3.63, 3.8) is 0 Å². The zero-order valence-corrected chi connectivity index (χ0v) is 5.95. The zero-order valence-electron chi connectivity index (χ0n) is 5.95. The van der Waals surface area contributed by atoms with Gasteiger partial charge in [-0.3, -0.25) is 0 Å². The van der Waals surface area contributed by atoms with Crippen molar-refractivity contribution in [2.24, 2.45) is 11.8 Å². The van der Waals surface area contributed by atoms with Gasteiger partial charge in [-0.15, -0.1) is 0 Å². The van der Waals surface area contributed by atoms with E-state index in [9.17, 15) is 8.78 Å². The summed E-state index contributed by atoms with van der Waals surface area (Å²) in [5.41, 5.74) is 0. The minimum Gasteiger partial charge on any atom is -0.207 e. The normalized spacial score (nSPS) is 43.8. The summed E-state index contributed by atoms with van der Waals surface area (Å²) < 4.78 is 25.3. The fraction of sp³-hybridized carbons (Fsp3) is 1.00. The third kappa shape index (κ3) is 0.938. The van der Waals surface area contributed by atoms with Gasteiger partial charge in [-0.25, -0.2) is 8.78 Å². The summed E-state index contributed by atoms with van der Waals surface area (Å²) in [5.74, 6) is -1.57. The predicted octanol–water partition coefficient (Wildman–Crippen LogP) is 2.83. The number of fused-ring (bicyclic) bond motifs is 1. The molecule has 0 bridgehead atoms. The van der Waals surface area contributed by atoms with Crippen LogP contribution in [0.1, 0.15) is 32.1 Å². The van der Waals surface area contributed by atoms with Gasteiger partial charge in [0.25, 0.3) is 0 Å². The molecule has 2 atom stereocenters. The van der Waals surface area contributed by atoms with Crippen LogP contribution in [0.5, 0.6) is 0 Å². The average Bonchev–Trinajstić information content (AvgIpc) is 2.20. The largest absolute Gasteiger partial charge is 0.248 e. The van der Waals surface area contributed by atoms with Crippen molar-refractivity contribution in [3.8, 4) is 0 Å². The van der Waals surface area contributed by atoms with Crippen molar-refractivity contribution in [3.05, 3.63) is 0 Å². The van der Waals surface area contributed by atoms with Crippen molar-refractivity contribution in [1.29, 1.82) is 0 Å². The molecule has 2 fully saturated rings. The Morgan fingerprint density at radius 3 is 2.00 bits per heavy atom. The summed E-state index contributed by atoms with van der Waals surface area (Å²) in [7, 11) is 0. The maximum Gasteiger partial charge on any atom is 0.248 e. The van der Waals surface area contributed by atoms with E-state index in [4.69, 9.17) is 0 Å². The third-order valence-electron chi connectivity index (χ3n) is 2.94. The van der Waals surface area contributed by atoms with Gasteiger partial charge in [0.05, 0.1) is 0 Å². The Bertz CT molecular complexity index is 128. The lowest BCUT2D eigenvalue weighted by Gasteiger charge is -2.07. The molecule has 0 nitrogen and oxygen atoms in total. The third-order valence-corrected chi connectivity index (χ3v) is 2.94. The topological polar surface area (TPSA) is 0 Å². The van der Waals surface area contributed by atoms with Gasteiger partial charge in [-0.1, -0.05) is 6.42 Å². The fourth-order valence-electron chi connectivity index (χ4n) is 2.50. The molecule has 58 valence electrons. The smallest absolute Gasteiger partial charge is 0.207 e. The molecule has 0 heterocycles. The van der Waals surface area contributed by atoms with E-state index in [1.54, 1.807) is 0 Å². The van der Waals surface area contributed by atoms with Gasteiger partial charge in [0.1, 0.15) is 0 Å². The molecule has 1 unspecified atom stereocenters. The molecule has 2 aliphatic rings. The van der Waals surface area contributed by atoms with Crippen molar-refractivity contribution >= 4 is 0 Å². The zero-order chi connectivity index (χ0) is 7.19. The molecule has 0 N–H and O–H groups in total. The van der Waals surface area contributed by atoms with Crippen LogP contribution in [0.2, 0.25) is 0 Å². The van der Waals surface area contributed by atoms with E-state index in [-0.39, 0.29) is 12.8 Å². The molecule has 0 amide bonds.